The summed E-state index contributed by atoms with van der Waals surface area (Å²) >= 11 is 0. The van der Waals surface area contributed by atoms with Crippen molar-refractivity contribution >= 4 is 23.1 Å². The zero-order chi connectivity index (χ0) is 19.9. The summed E-state index contributed by atoms with van der Waals surface area (Å²) in [6.45, 7) is 8.90. The zero-order valence-corrected chi connectivity index (χ0v) is 16.5. The smallest absolute Gasteiger partial charge is 0.224 e. The molecule has 0 atom stereocenters. The maximum Gasteiger partial charge on any atom is 0.224 e. The summed E-state index contributed by atoms with van der Waals surface area (Å²) in [5, 5.41) is 6.53. The normalized spacial score (nSPS) is 10.6. The van der Waals surface area contributed by atoms with E-state index in [2.05, 4.69) is 64.5 Å². The van der Waals surface area contributed by atoms with Gasteiger partial charge in [-0.3, -0.25) is 0 Å². The summed E-state index contributed by atoms with van der Waals surface area (Å²) in [6, 6.07) is 14.6. The highest BCUT2D eigenvalue weighted by Gasteiger charge is 2.07. The highest BCUT2D eigenvalue weighted by Crippen LogP contribution is 2.25. The van der Waals surface area contributed by atoms with Crippen molar-refractivity contribution < 1.29 is 4.39 Å². The third-order valence-electron chi connectivity index (χ3n) is 4.62. The Balaban J connectivity index is 1.68. The summed E-state index contributed by atoms with van der Waals surface area (Å²) in [4.78, 5) is 11.1. The van der Waals surface area contributed by atoms with Gasteiger partial charge in [-0.2, -0.15) is 4.98 Å². The maximum absolute atomic E-state index is 13.0. The molecule has 146 valence electrons. The van der Waals surface area contributed by atoms with Gasteiger partial charge >= 0.3 is 0 Å². The van der Waals surface area contributed by atoms with Crippen LogP contribution < -0.4 is 15.5 Å². The molecule has 1 heterocycles. The van der Waals surface area contributed by atoms with Gasteiger partial charge in [-0.1, -0.05) is 12.1 Å². The van der Waals surface area contributed by atoms with E-state index in [0.717, 1.165) is 35.7 Å². The van der Waals surface area contributed by atoms with Gasteiger partial charge in [0.25, 0.3) is 0 Å². The Morgan fingerprint density at radius 3 is 2.43 bits per heavy atom. The molecule has 1 aromatic heterocycles. The van der Waals surface area contributed by atoms with Crippen molar-refractivity contribution in [3.8, 4) is 0 Å². The molecule has 2 N–H and O–H groups in total. The lowest BCUT2D eigenvalue weighted by molar-refractivity contribution is 0.627. The molecular weight excluding hydrogens is 353 g/mol. The summed E-state index contributed by atoms with van der Waals surface area (Å²) in [6.07, 6.45) is 1.71. The average molecular weight is 379 g/mol. The molecule has 0 saturated heterocycles. The molecule has 0 amide bonds. The van der Waals surface area contributed by atoms with Gasteiger partial charge < -0.3 is 15.5 Å². The van der Waals surface area contributed by atoms with Crippen LogP contribution in [0.2, 0.25) is 0 Å². The van der Waals surface area contributed by atoms with Crippen molar-refractivity contribution in [2.24, 2.45) is 0 Å². The summed E-state index contributed by atoms with van der Waals surface area (Å²) in [7, 11) is 0. The second-order valence-corrected chi connectivity index (χ2v) is 6.54. The second kappa shape index (κ2) is 9.17. The molecule has 0 bridgehead atoms. The first-order valence-corrected chi connectivity index (χ1v) is 9.53. The van der Waals surface area contributed by atoms with E-state index in [1.807, 2.05) is 6.07 Å². The van der Waals surface area contributed by atoms with Crippen molar-refractivity contribution in [3.63, 3.8) is 0 Å². The fourth-order valence-electron chi connectivity index (χ4n) is 3.01. The van der Waals surface area contributed by atoms with Crippen LogP contribution in [0.3, 0.4) is 0 Å². The van der Waals surface area contributed by atoms with Gasteiger partial charge in [0, 0.05) is 37.2 Å². The number of benzene rings is 2. The first-order chi connectivity index (χ1) is 13.6. The Hall–Kier alpha value is -3.15. The van der Waals surface area contributed by atoms with Gasteiger partial charge in [0.05, 0.1) is 0 Å². The molecule has 0 aliphatic rings. The zero-order valence-electron chi connectivity index (χ0n) is 16.5. The molecule has 0 fully saturated rings. The number of halogens is 1. The van der Waals surface area contributed by atoms with Gasteiger partial charge in [0.1, 0.15) is 11.6 Å². The lowest BCUT2D eigenvalue weighted by atomic mass is 10.1. The van der Waals surface area contributed by atoms with Crippen molar-refractivity contribution in [2.75, 3.05) is 28.6 Å². The Kier molecular flexibility index (Phi) is 6.42. The molecule has 2 aromatic carbocycles. The monoisotopic (exact) mass is 379 g/mol. The number of rotatable bonds is 8. The van der Waals surface area contributed by atoms with Crippen LogP contribution in [0, 0.1) is 12.7 Å². The van der Waals surface area contributed by atoms with Crippen LogP contribution in [-0.2, 0) is 6.54 Å². The molecule has 0 unspecified atom stereocenters. The number of hydrogen-bond donors (Lipinski definition) is 2. The molecule has 3 aromatic rings. The van der Waals surface area contributed by atoms with E-state index in [-0.39, 0.29) is 5.82 Å². The first kappa shape index (κ1) is 19.6. The molecule has 0 spiro atoms. The van der Waals surface area contributed by atoms with Crippen LogP contribution in [0.1, 0.15) is 25.0 Å². The standard InChI is InChI=1S/C22H26FN5/c1-4-28(5-2)19-10-11-20(16(3)14-19)26-21-12-13-24-22(27-21)25-15-17-6-8-18(23)9-7-17/h6-14H,4-5,15H2,1-3H3,(H2,24,25,26,27). The third-order valence-corrected chi connectivity index (χ3v) is 4.62. The SMILES string of the molecule is CCN(CC)c1ccc(Nc2ccnc(NCc3ccc(F)cc3)n2)c(C)c1. The first-order valence-electron chi connectivity index (χ1n) is 9.53. The van der Waals surface area contributed by atoms with Crippen molar-refractivity contribution in [3.05, 3.63) is 71.7 Å². The predicted molar refractivity (Wildman–Crippen MR) is 114 cm³/mol. The Bertz CT molecular complexity index is 907. The molecule has 3 rings (SSSR count). The molecule has 0 aliphatic carbocycles. The predicted octanol–water partition coefficient (Wildman–Crippen LogP) is 5.13. The van der Waals surface area contributed by atoms with Crippen LogP contribution >= 0.6 is 0 Å². The number of nitrogens with one attached hydrogen (secondary N) is 2. The number of nitrogens with zero attached hydrogens (tertiary/aromatic N) is 3. The largest absolute Gasteiger partial charge is 0.372 e. The van der Waals surface area contributed by atoms with E-state index in [1.54, 1.807) is 18.3 Å². The van der Waals surface area contributed by atoms with E-state index < -0.39 is 0 Å². The van der Waals surface area contributed by atoms with E-state index in [9.17, 15) is 4.39 Å². The lowest BCUT2D eigenvalue weighted by Gasteiger charge is -2.22. The Morgan fingerprint density at radius 1 is 1.00 bits per heavy atom. The highest BCUT2D eigenvalue weighted by atomic mass is 19.1. The third kappa shape index (κ3) is 4.97. The number of aryl methyl sites for hydroxylation is 1. The van der Waals surface area contributed by atoms with Gasteiger partial charge in [-0.15, -0.1) is 0 Å². The lowest BCUT2D eigenvalue weighted by Crippen LogP contribution is -2.21. The van der Waals surface area contributed by atoms with Crippen LogP contribution in [0.25, 0.3) is 0 Å². The number of hydrogen-bond acceptors (Lipinski definition) is 5. The Labute approximate surface area is 165 Å². The second-order valence-electron chi connectivity index (χ2n) is 6.54. The summed E-state index contributed by atoms with van der Waals surface area (Å²) in [5.41, 5.74) is 4.35. The van der Waals surface area contributed by atoms with Crippen molar-refractivity contribution in [1.82, 2.24) is 9.97 Å². The average Bonchev–Trinajstić information content (AvgIpc) is 2.71. The van der Waals surface area contributed by atoms with E-state index in [1.165, 1.54) is 17.8 Å². The van der Waals surface area contributed by atoms with Crippen LogP contribution in [-0.4, -0.2) is 23.1 Å². The fourth-order valence-corrected chi connectivity index (χ4v) is 3.01. The van der Waals surface area contributed by atoms with Gasteiger partial charge in [-0.25, -0.2) is 9.37 Å². The van der Waals surface area contributed by atoms with Crippen molar-refractivity contribution in [1.29, 1.82) is 0 Å². The van der Waals surface area contributed by atoms with Crippen LogP contribution in [0.4, 0.5) is 27.5 Å². The Morgan fingerprint density at radius 2 is 1.75 bits per heavy atom. The molecule has 28 heavy (non-hydrogen) atoms. The van der Waals surface area contributed by atoms with Crippen LogP contribution in [0.5, 0.6) is 0 Å². The minimum Gasteiger partial charge on any atom is -0.372 e. The number of anilines is 4. The summed E-state index contributed by atoms with van der Waals surface area (Å²) in [5.74, 6) is 0.996. The molecule has 0 aliphatic heterocycles. The molecule has 0 radical (unpaired) electrons. The van der Waals surface area contributed by atoms with Gasteiger partial charge in [0.15, 0.2) is 0 Å². The van der Waals surface area contributed by atoms with Gasteiger partial charge in [0.2, 0.25) is 5.95 Å². The fraction of sp³-hybridized carbons (Fsp3) is 0.273. The topological polar surface area (TPSA) is 53.1 Å². The van der Waals surface area contributed by atoms with E-state index in [0.29, 0.717) is 12.5 Å². The van der Waals surface area contributed by atoms with Crippen LogP contribution in [0.15, 0.2) is 54.7 Å². The number of aromatic nitrogens is 2. The van der Waals surface area contributed by atoms with Gasteiger partial charge in [-0.05, 0) is 68.3 Å². The van der Waals surface area contributed by atoms with E-state index >= 15 is 0 Å². The maximum atomic E-state index is 13.0. The molecular formula is C22H26FN5. The highest BCUT2D eigenvalue weighted by molar-refractivity contribution is 5.65. The summed E-state index contributed by atoms with van der Waals surface area (Å²) < 4.78 is 13.0. The minimum atomic E-state index is -0.242. The minimum absolute atomic E-state index is 0.242. The van der Waals surface area contributed by atoms with E-state index in [4.69, 9.17) is 0 Å². The molecule has 5 nitrogen and oxygen atoms in total. The quantitative estimate of drug-likeness (QED) is 0.568. The van der Waals surface area contributed by atoms with Crippen molar-refractivity contribution in [2.45, 2.75) is 27.3 Å². The molecule has 0 saturated carbocycles. The molecule has 6 heteroatoms.